The third kappa shape index (κ3) is 6.79. The van der Waals surface area contributed by atoms with Gasteiger partial charge in [-0.05, 0) is 67.4 Å². The molecule has 5 aromatic rings. The van der Waals surface area contributed by atoms with Crippen LogP contribution in [0.3, 0.4) is 0 Å². The lowest BCUT2D eigenvalue weighted by atomic mass is 10.1. The molecule has 0 aliphatic heterocycles. The maximum absolute atomic E-state index is 13.3. The number of carbonyl (C=O) groups excluding carboxylic acids is 2. The van der Waals surface area contributed by atoms with Crippen molar-refractivity contribution in [3.63, 3.8) is 0 Å². The van der Waals surface area contributed by atoms with Crippen molar-refractivity contribution in [3.05, 3.63) is 103 Å². The molecule has 0 saturated carbocycles. The molecule has 0 bridgehead atoms. The number of guanidine groups is 1. The fourth-order valence-corrected chi connectivity index (χ4v) is 4.92. The summed E-state index contributed by atoms with van der Waals surface area (Å²) in [4.78, 5) is 35.1. The van der Waals surface area contributed by atoms with Gasteiger partial charge in [0.25, 0.3) is 5.91 Å². The molecular weight excluding hydrogens is 558 g/mol. The number of fused-ring (bicyclic) bond motifs is 1. The van der Waals surface area contributed by atoms with Crippen molar-refractivity contribution < 1.29 is 19.1 Å². The van der Waals surface area contributed by atoms with Gasteiger partial charge in [-0.1, -0.05) is 42.5 Å². The first-order chi connectivity index (χ1) is 21.3. The lowest BCUT2D eigenvalue weighted by Gasteiger charge is -2.19. The summed E-state index contributed by atoms with van der Waals surface area (Å²) in [6, 6.07) is 28.3. The number of ether oxygens (including phenoxy) is 2. The topological polar surface area (TPSA) is 173 Å². The van der Waals surface area contributed by atoms with Crippen LogP contribution in [0.25, 0.3) is 22.4 Å². The van der Waals surface area contributed by atoms with Crippen LogP contribution in [-0.4, -0.2) is 41.0 Å². The first kappa shape index (κ1) is 29.6. The van der Waals surface area contributed by atoms with Gasteiger partial charge in [-0.2, -0.15) is 0 Å². The van der Waals surface area contributed by atoms with E-state index >= 15 is 0 Å². The zero-order chi connectivity index (χ0) is 31.1. The second kappa shape index (κ2) is 13.4. The lowest BCUT2D eigenvalue weighted by molar-refractivity contribution is -0.121. The van der Waals surface area contributed by atoms with Crippen LogP contribution >= 0.6 is 0 Å². The predicted molar refractivity (Wildman–Crippen MR) is 171 cm³/mol. The van der Waals surface area contributed by atoms with Gasteiger partial charge in [0, 0.05) is 17.7 Å². The summed E-state index contributed by atoms with van der Waals surface area (Å²) < 4.78 is 13.2. The van der Waals surface area contributed by atoms with Gasteiger partial charge in [-0.25, -0.2) is 4.98 Å². The van der Waals surface area contributed by atoms with Crippen LogP contribution in [0.2, 0.25) is 0 Å². The molecule has 0 aliphatic rings. The number of primary amides is 1. The Hall–Kier alpha value is -5.84. The van der Waals surface area contributed by atoms with Crippen molar-refractivity contribution in [2.45, 2.75) is 18.9 Å². The fraction of sp³-hybridized carbons (Fsp3) is 0.152. The van der Waals surface area contributed by atoms with E-state index in [1.807, 2.05) is 66.7 Å². The smallest absolute Gasteiger partial charge is 0.255 e. The molecule has 0 saturated heterocycles. The maximum Gasteiger partial charge on any atom is 0.255 e. The van der Waals surface area contributed by atoms with Gasteiger partial charge >= 0.3 is 0 Å². The summed E-state index contributed by atoms with van der Waals surface area (Å²) in [5, 5.41) is 2.89. The van der Waals surface area contributed by atoms with E-state index in [1.54, 1.807) is 34.9 Å². The van der Waals surface area contributed by atoms with Crippen molar-refractivity contribution in [2.24, 2.45) is 22.2 Å². The van der Waals surface area contributed by atoms with Crippen molar-refractivity contribution in [2.75, 3.05) is 19.0 Å². The average molecular weight is 592 g/mol. The van der Waals surface area contributed by atoms with Crippen molar-refractivity contribution >= 4 is 34.5 Å². The number of rotatable bonds is 12. The van der Waals surface area contributed by atoms with Crippen LogP contribution in [0.4, 0.5) is 5.69 Å². The number of nitrogens with zero attached hydrogens (tertiary/aromatic N) is 3. The fourth-order valence-electron chi connectivity index (χ4n) is 4.92. The van der Waals surface area contributed by atoms with Gasteiger partial charge in [0.1, 0.15) is 29.1 Å². The number of hydrogen-bond acceptors (Lipinski definition) is 6. The monoisotopic (exact) mass is 591 g/mol. The van der Waals surface area contributed by atoms with E-state index < -0.39 is 11.9 Å². The van der Waals surface area contributed by atoms with Crippen LogP contribution in [0.1, 0.15) is 29.2 Å². The Morgan fingerprint density at radius 1 is 0.909 bits per heavy atom. The minimum atomic E-state index is -0.767. The van der Waals surface area contributed by atoms with Gasteiger partial charge in [-0.3, -0.25) is 14.6 Å². The summed E-state index contributed by atoms with van der Waals surface area (Å²) in [6.07, 6.45) is 0.863. The number of anilines is 1. The summed E-state index contributed by atoms with van der Waals surface area (Å²) >= 11 is 0. The van der Waals surface area contributed by atoms with Crippen molar-refractivity contribution in [3.8, 4) is 28.6 Å². The second-order valence-corrected chi connectivity index (χ2v) is 9.97. The van der Waals surface area contributed by atoms with E-state index in [1.165, 1.54) is 7.11 Å². The van der Waals surface area contributed by atoms with E-state index in [2.05, 4.69) is 10.3 Å². The minimum Gasteiger partial charge on any atom is -0.495 e. The van der Waals surface area contributed by atoms with Crippen LogP contribution in [0, 0.1) is 0 Å². The molecule has 1 atom stereocenters. The normalized spacial score (nSPS) is 11.5. The number of aliphatic imine (C=N–C) groups is 1. The third-order valence-corrected chi connectivity index (χ3v) is 6.95. The van der Waals surface area contributed by atoms with E-state index in [-0.39, 0.29) is 11.9 Å². The van der Waals surface area contributed by atoms with Crippen LogP contribution < -0.4 is 32.0 Å². The number of carbonyl (C=O) groups is 2. The molecule has 1 aromatic heterocycles. The molecule has 11 heteroatoms. The molecule has 0 aliphatic carbocycles. The zero-order valence-corrected chi connectivity index (χ0v) is 24.1. The number of nitrogens with two attached hydrogens (primary N) is 3. The molecular formula is C33H33N7O4. The zero-order valence-electron chi connectivity index (χ0n) is 24.1. The number of nitrogens with one attached hydrogen (secondary N) is 1. The Morgan fingerprint density at radius 2 is 1.66 bits per heavy atom. The Kier molecular flexibility index (Phi) is 9.05. The number of hydrogen-bond donors (Lipinski definition) is 4. The lowest BCUT2D eigenvalue weighted by Crippen LogP contribution is -2.27. The number of para-hydroxylation sites is 3. The molecule has 224 valence electrons. The van der Waals surface area contributed by atoms with Gasteiger partial charge in [0.05, 0.1) is 23.8 Å². The maximum atomic E-state index is 13.3. The Bertz CT molecular complexity index is 1810. The first-order valence-corrected chi connectivity index (χ1v) is 14.0. The highest BCUT2D eigenvalue weighted by Crippen LogP contribution is 2.34. The van der Waals surface area contributed by atoms with E-state index in [0.29, 0.717) is 70.3 Å². The number of amides is 2. The standard InChI is InChI=1S/C33H33N7O4/c1-43-29-15-6-5-13-25(29)39-32(42)22-16-17-27-26(20-22)38-31(40(27)28(30(34)41)14-8-18-37-33(35)36)21-9-7-12-24(19-21)44-23-10-3-2-4-11-23/h2-7,9-13,15-17,19-20,28H,8,14,18H2,1H3,(H2,34,41)(H,39,42)(H4,35,36,37)/t28-/m1/s1. The molecule has 2 amide bonds. The number of benzene rings is 4. The molecule has 7 N–H and O–H groups in total. The van der Waals surface area contributed by atoms with Crippen molar-refractivity contribution in [1.29, 1.82) is 0 Å². The predicted octanol–water partition coefficient (Wildman–Crippen LogP) is 4.84. The third-order valence-electron chi connectivity index (χ3n) is 6.95. The molecule has 1 heterocycles. The van der Waals surface area contributed by atoms with Crippen LogP contribution in [0.5, 0.6) is 17.2 Å². The average Bonchev–Trinajstić information content (AvgIpc) is 3.40. The molecule has 4 aromatic carbocycles. The molecule has 0 spiro atoms. The number of imidazole rings is 1. The van der Waals surface area contributed by atoms with E-state index in [0.717, 1.165) is 0 Å². The SMILES string of the molecule is COc1ccccc1NC(=O)c1ccc2c(c1)nc(-c1cccc(Oc3ccccc3)c1)n2[C@H](CCCN=C(N)N)C(N)=O. The summed E-state index contributed by atoms with van der Waals surface area (Å²) in [6.45, 7) is 0.335. The van der Waals surface area contributed by atoms with Gasteiger partial charge in [-0.15, -0.1) is 0 Å². The minimum absolute atomic E-state index is 0.0245. The highest BCUT2D eigenvalue weighted by atomic mass is 16.5. The van der Waals surface area contributed by atoms with Crippen LogP contribution in [-0.2, 0) is 4.79 Å². The molecule has 44 heavy (non-hydrogen) atoms. The van der Waals surface area contributed by atoms with Crippen molar-refractivity contribution in [1.82, 2.24) is 9.55 Å². The molecule has 0 fully saturated rings. The Balaban J connectivity index is 1.56. The summed E-state index contributed by atoms with van der Waals surface area (Å²) in [5.41, 5.74) is 19.7. The molecule has 5 rings (SSSR count). The number of aromatic nitrogens is 2. The second-order valence-electron chi connectivity index (χ2n) is 9.97. The summed E-state index contributed by atoms with van der Waals surface area (Å²) in [5.74, 6) is 1.40. The molecule has 0 unspecified atom stereocenters. The highest BCUT2D eigenvalue weighted by molar-refractivity contribution is 6.07. The largest absolute Gasteiger partial charge is 0.495 e. The molecule has 11 nitrogen and oxygen atoms in total. The Morgan fingerprint density at radius 3 is 2.41 bits per heavy atom. The summed E-state index contributed by atoms with van der Waals surface area (Å²) in [7, 11) is 1.54. The quantitative estimate of drug-likeness (QED) is 0.0913. The van der Waals surface area contributed by atoms with Crippen LogP contribution in [0.15, 0.2) is 102 Å². The van der Waals surface area contributed by atoms with Gasteiger partial charge in [0.15, 0.2) is 5.96 Å². The van der Waals surface area contributed by atoms with E-state index in [4.69, 9.17) is 31.7 Å². The van der Waals surface area contributed by atoms with Gasteiger partial charge in [0.2, 0.25) is 5.91 Å². The van der Waals surface area contributed by atoms with Gasteiger partial charge < -0.3 is 36.6 Å². The highest BCUT2D eigenvalue weighted by Gasteiger charge is 2.25. The first-order valence-electron chi connectivity index (χ1n) is 14.0. The Labute approximate surface area is 254 Å². The number of methoxy groups -OCH3 is 1. The molecule has 0 radical (unpaired) electrons. The van der Waals surface area contributed by atoms with E-state index in [9.17, 15) is 9.59 Å².